The summed E-state index contributed by atoms with van der Waals surface area (Å²) in [6.45, 7) is 5.39. The minimum absolute atomic E-state index is 0.161. The van der Waals surface area contributed by atoms with Gasteiger partial charge in [0.2, 0.25) is 6.79 Å². The monoisotopic (exact) mass is 318 g/mol. The maximum absolute atomic E-state index is 12.4. The Morgan fingerprint density at radius 2 is 2.04 bits per heavy atom. The van der Waals surface area contributed by atoms with Gasteiger partial charge in [-0.3, -0.25) is 0 Å². The molecule has 2 aliphatic heterocycles. The maximum atomic E-state index is 12.4. The molecule has 0 aromatic heterocycles. The largest absolute Gasteiger partial charge is 0.459 e. The summed E-state index contributed by atoms with van der Waals surface area (Å²) < 4.78 is 15.9. The normalized spacial score (nSPS) is 19.5. The van der Waals surface area contributed by atoms with Gasteiger partial charge in [-0.05, 0) is 38.5 Å². The first-order valence-electron chi connectivity index (χ1n) is 7.34. The molecule has 2 aliphatic rings. The van der Waals surface area contributed by atoms with Gasteiger partial charge in [0.1, 0.15) is 0 Å². The Hall–Kier alpha value is -2.70. The van der Waals surface area contributed by atoms with Gasteiger partial charge < -0.3 is 24.8 Å². The molecule has 1 aromatic carbocycles. The van der Waals surface area contributed by atoms with E-state index in [9.17, 15) is 9.59 Å². The van der Waals surface area contributed by atoms with Crippen LogP contribution in [0.2, 0.25) is 0 Å². The van der Waals surface area contributed by atoms with Crippen LogP contribution in [-0.4, -0.2) is 24.9 Å². The summed E-state index contributed by atoms with van der Waals surface area (Å²) in [4.78, 5) is 24.2. The number of esters is 1. The zero-order valence-electron chi connectivity index (χ0n) is 13.1. The van der Waals surface area contributed by atoms with E-state index in [1.54, 1.807) is 39.0 Å². The Morgan fingerprint density at radius 3 is 2.78 bits per heavy atom. The second kappa shape index (κ2) is 5.83. The molecule has 7 heteroatoms. The molecule has 23 heavy (non-hydrogen) atoms. The highest BCUT2D eigenvalue weighted by Crippen LogP contribution is 2.37. The highest BCUT2D eigenvalue weighted by atomic mass is 16.7. The van der Waals surface area contributed by atoms with Gasteiger partial charge in [-0.2, -0.15) is 0 Å². The standard InChI is InChI=1S/C16H18N2O5/c1-8(2)23-15(19)13-9(3)17-16(20)18-14(13)10-4-5-11-12(6-10)22-7-21-11/h4-6,8,14H,7H2,1-3H3,(H2,17,18,20)/t14-/m1/s1. The van der Waals surface area contributed by atoms with E-state index in [1.807, 2.05) is 0 Å². The highest BCUT2D eigenvalue weighted by Gasteiger charge is 2.33. The lowest BCUT2D eigenvalue weighted by molar-refractivity contribution is -0.143. The molecule has 0 saturated carbocycles. The van der Waals surface area contributed by atoms with Crippen LogP contribution in [-0.2, 0) is 9.53 Å². The lowest BCUT2D eigenvalue weighted by Crippen LogP contribution is -2.45. The molecule has 0 radical (unpaired) electrons. The molecule has 7 nitrogen and oxygen atoms in total. The van der Waals surface area contributed by atoms with Crippen molar-refractivity contribution in [3.8, 4) is 11.5 Å². The SMILES string of the molecule is CC1=C(C(=O)OC(C)C)[C@@H](c2ccc3c(c2)OCO3)NC(=O)N1. The van der Waals surface area contributed by atoms with Gasteiger partial charge in [0, 0.05) is 5.70 Å². The fourth-order valence-corrected chi connectivity index (χ4v) is 2.58. The number of rotatable bonds is 3. The first-order chi connectivity index (χ1) is 11.0. The van der Waals surface area contributed by atoms with Crippen LogP contribution in [0.5, 0.6) is 11.5 Å². The Labute approximate surface area is 133 Å². The van der Waals surface area contributed by atoms with Crippen molar-refractivity contribution in [2.75, 3.05) is 6.79 Å². The predicted molar refractivity (Wildman–Crippen MR) is 80.9 cm³/mol. The van der Waals surface area contributed by atoms with E-state index in [0.717, 1.165) is 5.56 Å². The van der Waals surface area contributed by atoms with E-state index < -0.39 is 12.0 Å². The Balaban J connectivity index is 1.99. The molecule has 0 saturated heterocycles. The van der Waals surface area contributed by atoms with Crippen LogP contribution < -0.4 is 20.1 Å². The van der Waals surface area contributed by atoms with Gasteiger partial charge in [-0.1, -0.05) is 6.07 Å². The van der Waals surface area contributed by atoms with E-state index in [4.69, 9.17) is 14.2 Å². The number of urea groups is 1. The zero-order valence-corrected chi connectivity index (χ0v) is 13.1. The number of hydrogen-bond donors (Lipinski definition) is 2. The number of amides is 2. The van der Waals surface area contributed by atoms with Gasteiger partial charge in [-0.25, -0.2) is 9.59 Å². The number of carbonyl (C=O) groups is 2. The minimum atomic E-state index is -0.607. The van der Waals surface area contributed by atoms with E-state index in [2.05, 4.69) is 10.6 Å². The van der Waals surface area contributed by atoms with Gasteiger partial charge in [0.05, 0.1) is 17.7 Å². The quantitative estimate of drug-likeness (QED) is 0.833. The van der Waals surface area contributed by atoms with Crippen molar-refractivity contribution in [3.05, 3.63) is 35.0 Å². The molecular weight excluding hydrogens is 300 g/mol. The summed E-state index contributed by atoms with van der Waals surface area (Å²) in [5.41, 5.74) is 1.57. The van der Waals surface area contributed by atoms with E-state index >= 15 is 0 Å². The van der Waals surface area contributed by atoms with Crippen LogP contribution in [0.3, 0.4) is 0 Å². The number of hydrogen-bond acceptors (Lipinski definition) is 5. The summed E-state index contributed by atoms with van der Waals surface area (Å²) in [6, 6.07) is 4.33. The lowest BCUT2D eigenvalue weighted by Gasteiger charge is -2.28. The summed E-state index contributed by atoms with van der Waals surface area (Å²) in [5.74, 6) is 0.762. The molecule has 1 aromatic rings. The van der Waals surface area contributed by atoms with Gasteiger partial charge >= 0.3 is 12.0 Å². The highest BCUT2D eigenvalue weighted by molar-refractivity contribution is 5.95. The molecule has 2 heterocycles. The third-order valence-electron chi connectivity index (χ3n) is 3.56. The fourth-order valence-electron chi connectivity index (χ4n) is 2.58. The number of fused-ring (bicyclic) bond motifs is 1. The van der Waals surface area contributed by atoms with Crippen LogP contribution in [0.1, 0.15) is 32.4 Å². The third kappa shape index (κ3) is 2.94. The number of nitrogens with one attached hydrogen (secondary N) is 2. The predicted octanol–water partition coefficient (Wildman–Crippen LogP) is 1.99. The first-order valence-corrected chi connectivity index (χ1v) is 7.34. The van der Waals surface area contributed by atoms with Crippen LogP contribution in [0.25, 0.3) is 0 Å². The van der Waals surface area contributed by atoms with E-state index in [1.165, 1.54) is 0 Å². The molecule has 2 N–H and O–H groups in total. The number of carbonyl (C=O) groups excluding carboxylic acids is 2. The molecule has 0 unspecified atom stereocenters. The maximum Gasteiger partial charge on any atom is 0.338 e. The topological polar surface area (TPSA) is 85.9 Å². The summed E-state index contributed by atoms with van der Waals surface area (Å²) in [7, 11) is 0. The smallest absolute Gasteiger partial charge is 0.338 e. The first kappa shape index (κ1) is 15.2. The Morgan fingerprint density at radius 1 is 1.30 bits per heavy atom. The molecule has 3 rings (SSSR count). The molecular formula is C16H18N2O5. The van der Waals surface area contributed by atoms with Gasteiger partial charge in [0.25, 0.3) is 0 Å². The molecule has 1 atom stereocenters. The second-order valence-corrected chi connectivity index (χ2v) is 5.64. The molecule has 0 fully saturated rings. The van der Waals surface area contributed by atoms with Crippen molar-refractivity contribution in [2.24, 2.45) is 0 Å². The van der Waals surface area contributed by atoms with Gasteiger partial charge in [0.15, 0.2) is 11.5 Å². The summed E-state index contributed by atoms with van der Waals surface area (Å²) in [6.07, 6.45) is -0.252. The number of ether oxygens (including phenoxy) is 3. The van der Waals surface area contributed by atoms with Crippen LogP contribution in [0.4, 0.5) is 4.79 Å². The molecule has 0 spiro atoms. The Kier molecular flexibility index (Phi) is 3.85. The average Bonchev–Trinajstić information content (AvgIpc) is 2.92. The third-order valence-corrected chi connectivity index (χ3v) is 3.56. The number of benzene rings is 1. The fraction of sp³-hybridized carbons (Fsp3) is 0.375. The van der Waals surface area contributed by atoms with E-state index in [-0.39, 0.29) is 18.9 Å². The van der Waals surface area contributed by atoms with Crippen molar-refractivity contribution in [1.82, 2.24) is 10.6 Å². The molecule has 122 valence electrons. The van der Waals surface area contributed by atoms with Crippen molar-refractivity contribution in [2.45, 2.75) is 32.9 Å². The van der Waals surface area contributed by atoms with Crippen LogP contribution in [0.15, 0.2) is 29.5 Å². The van der Waals surface area contributed by atoms with Crippen molar-refractivity contribution in [3.63, 3.8) is 0 Å². The minimum Gasteiger partial charge on any atom is -0.459 e. The molecule has 0 bridgehead atoms. The van der Waals surface area contributed by atoms with Gasteiger partial charge in [-0.15, -0.1) is 0 Å². The van der Waals surface area contributed by atoms with E-state index in [0.29, 0.717) is 22.8 Å². The van der Waals surface area contributed by atoms with Crippen LogP contribution in [0, 0.1) is 0 Å². The zero-order chi connectivity index (χ0) is 16.6. The Bertz CT molecular complexity index is 696. The van der Waals surface area contributed by atoms with Crippen molar-refractivity contribution in [1.29, 1.82) is 0 Å². The van der Waals surface area contributed by atoms with Crippen molar-refractivity contribution >= 4 is 12.0 Å². The number of allylic oxidation sites excluding steroid dienone is 1. The molecule has 2 amide bonds. The second-order valence-electron chi connectivity index (χ2n) is 5.64. The lowest BCUT2D eigenvalue weighted by atomic mass is 9.95. The average molecular weight is 318 g/mol. The summed E-state index contributed by atoms with van der Waals surface area (Å²) >= 11 is 0. The summed E-state index contributed by atoms with van der Waals surface area (Å²) in [5, 5.41) is 5.36. The van der Waals surface area contributed by atoms with Crippen LogP contribution >= 0.6 is 0 Å². The molecule has 0 aliphatic carbocycles. The van der Waals surface area contributed by atoms with Crippen molar-refractivity contribution < 1.29 is 23.8 Å².